The maximum absolute atomic E-state index is 11.3. The summed E-state index contributed by atoms with van der Waals surface area (Å²) in [5.41, 5.74) is 3.23. The minimum Gasteiger partial charge on any atom is -0.368 e. The molecule has 1 aromatic rings. The first kappa shape index (κ1) is 14.5. The van der Waals surface area contributed by atoms with Crippen LogP contribution in [0.15, 0.2) is 30.8 Å². The Balaban J connectivity index is 2.82. The van der Waals surface area contributed by atoms with Gasteiger partial charge < -0.3 is 4.84 Å². The van der Waals surface area contributed by atoms with Crippen molar-refractivity contribution in [3.8, 4) is 0 Å². The van der Waals surface area contributed by atoms with Crippen molar-refractivity contribution in [2.24, 2.45) is 0 Å². The monoisotopic (exact) mass is 247 g/mol. The lowest BCUT2D eigenvalue weighted by Crippen LogP contribution is -2.26. The molecule has 0 aliphatic heterocycles. The van der Waals surface area contributed by atoms with Crippen LogP contribution in [0, 0.1) is 0 Å². The van der Waals surface area contributed by atoms with E-state index < -0.39 is 0 Å². The van der Waals surface area contributed by atoms with Crippen LogP contribution in [0.2, 0.25) is 0 Å². The summed E-state index contributed by atoms with van der Waals surface area (Å²) in [6, 6.07) is 8.12. The second kappa shape index (κ2) is 6.36. The molecule has 0 saturated heterocycles. The Morgan fingerprint density at radius 3 is 2.72 bits per heavy atom. The van der Waals surface area contributed by atoms with E-state index in [1.807, 2.05) is 32.0 Å². The highest BCUT2D eigenvalue weighted by atomic mass is 16.7. The quantitative estimate of drug-likeness (QED) is 0.745. The molecule has 0 aromatic heterocycles. The summed E-state index contributed by atoms with van der Waals surface area (Å²) in [6.07, 6.45) is 0.378. The molecule has 0 bridgehead atoms. The molecule has 18 heavy (non-hydrogen) atoms. The van der Waals surface area contributed by atoms with Gasteiger partial charge in [0.15, 0.2) is 0 Å². The van der Waals surface area contributed by atoms with Gasteiger partial charge in [0.05, 0.1) is 6.04 Å². The molecule has 0 saturated carbocycles. The van der Waals surface area contributed by atoms with Gasteiger partial charge in [-0.25, -0.2) is 0 Å². The molecule has 0 fully saturated rings. The van der Waals surface area contributed by atoms with Gasteiger partial charge in [0, 0.05) is 13.5 Å². The summed E-state index contributed by atoms with van der Waals surface area (Å²) in [7, 11) is 1.77. The Hall–Kier alpha value is -1.61. The molecule has 0 heterocycles. The third-order valence-electron chi connectivity index (χ3n) is 2.94. The minimum atomic E-state index is -0.222. The SMILES string of the molecule is C=C(C)c1cccc(C(C)N(C)OC(=O)CC)c1. The van der Waals surface area contributed by atoms with Crippen molar-refractivity contribution in [3.63, 3.8) is 0 Å². The first-order chi connectivity index (χ1) is 8.45. The van der Waals surface area contributed by atoms with Crippen LogP contribution in [-0.4, -0.2) is 18.1 Å². The Bertz CT molecular complexity index is 440. The Morgan fingerprint density at radius 2 is 2.17 bits per heavy atom. The van der Waals surface area contributed by atoms with E-state index in [9.17, 15) is 4.79 Å². The van der Waals surface area contributed by atoms with Gasteiger partial charge in [-0.15, -0.1) is 5.06 Å². The number of hydrogen-bond donors (Lipinski definition) is 0. The molecule has 3 nitrogen and oxygen atoms in total. The summed E-state index contributed by atoms with van der Waals surface area (Å²) in [5, 5.41) is 1.59. The number of carbonyl (C=O) groups excluding carboxylic acids is 1. The normalized spacial score (nSPS) is 12.3. The Labute approximate surface area is 109 Å². The lowest BCUT2D eigenvalue weighted by atomic mass is 10.0. The van der Waals surface area contributed by atoms with Gasteiger partial charge in [-0.05, 0) is 31.0 Å². The highest BCUT2D eigenvalue weighted by Crippen LogP contribution is 2.22. The molecule has 1 atom stereocenters. The van der Waals surface area contributed by atoms with E-state index in [0.717, 1.165) is 16.7 Å². The summed E-state index contributed by atoms with van der Waals surface area (Å²) in [4.78, 5) is 16.4. The summed E-state index contributed by atoms with van der Waals surface area (Å²) in [5.74, 6) is -0.222. The van der Waals surface area contributed by atoms with Crippen molar-refractivity contribution in [2.75, 3.05) is 7.05 Å². The van der Waals surface area contributed by atoms with Crippen LogP contribution in [0.1, 0.15) is 44.4 Å². The zero-order chi connectivity index (χ0) is 13.7. The zero-order valence-corrected chi connectivity index (χ0v) is 11.6. The highest BCUT2D eigenvalue weighted by Gasteiger charge is 2.15. The van der Waals surface area contributed by atoms with Crippen LogP contribution < -0.4 is 0 Å². The number of hydroxylamine groups is 2. The number of benzene rings is 1. The first-order valence-electron chi connectivity index (χ1n) is 6.15. The van der Waals surface area contributed by atoms with Gasteiger partial charge in [0.1, 0.15) is 0 Å². The van der Waals surface area contributed by atoms with E-state index in [4.69, 9.17) is 4.84 Å². The van der Waals surface area contributed by atoms with Crippen LogP contribution in [-0.2, 0) is 9.63 Å². The average molecular weight is 247 g/mol. The van der Waals surface area contributed by atoms with Gasteiger partial charge in [0.25, 0.3) is 0 Å². The predicted molar refractivity (Wildman–Crippen MR) is 73.7 cm³/mol. The second-order valence-electron chi connectivity index (χ2n) is 4.44. The number of nitrogens with zero attached hydrogens (tertiary/aromatic N) is 1. The van der Waals surface area contributed by atoms with Crippen molar-refractivity contribution in [2.45, 2.75) is 33.2 Å². The van der Waals surface area contributed by atoms with E-state index in [-0.39, 0.29) is 12.0 Å². The molecule has 1 unspecified atom stereocenters. The second-order valence-corrected chi connectivity index (χ2v) is 4.44. The third kappa shape index (κ3) is 3.70. The molecular formula is C15H21NO2. The first-order valence-corrected chi connectivity index (χ1v) is 6.15. The molecule has 0 aliphatic rings. The van der Waals surface area contributed by atoms with Crippen molar-refractivity contribution in [3.05, 3.63) is 42.0 Å². The van der Waals surface area contributed by atoms with Crippen molar-refractivity contribution in [1.29, 1.82) is 0 Å². The number of carbonyl (C=O) groups is 1. The van der Waals surface area contributed by atoms with Crippen LogP contribution in [0.3, 0.4) is 0 Å². The Kier molecular flexibility index (Phi) is 5.10. The largest absolute Gasteiger partial charge is 0.368 e. The van der Waals surface area contributed by atoms with E-state index in [1.165, 1.54) is 0 Å². The van der Waals surface area contributed by atoms with Crippen molar-refractivity contribution >= 4 is 11.5 Å². The van der Waals surface area contributed by atoms with Crippen LogP contribution in [0.5, 0.6) is 0 Å². The van der Waals surface area contributed by atoms with Gasteiger partial charge in [0.2, 0.25) is 0 Å². The van der Waals surface area contributed by atoms with Gasteiger partial charge in [-0.2, -0.15) is 0 Å². The molecule has 0 N–H and O–H groups in total. The standard InChI is InChI=1S/C15H21NO2/c1-6-15(17)18-16(5)12(4)14-9-7-8-13(10-14)11(2)3/h7-10,12H,2,6H2,1,3-5H3. The molecule has 3 heteroatoms. The molecular weight excluding hydrogens is 226 g/mol. The van der Waals surface area contributed by atoms with Gasteiger partial charge in [-0.1, -0.05) is 37.3 Å². The fourth-order valence-corrected chi connectivity index (χ4v) is 1.58. The number of allylic oxidation sites excluding steroid dienone is 1. The van der Waals surface area contributed by atoms with E-state index in [1.54, 1.807) is 19.0 Å². The predicted octanol–water partition coefficient (Wildman–Crippen LogP) is 3.58. The molecule has 98 valence electrons. The molecule has 0 amide bonds. The smallest absolute Gasteiger partial charge is 0.324 e. The molecule has 1 aromatic carbocycles. The van der Waals surface area contributed by atoms with E-state index in [0.29, 0.717) is 6.42 Å². The molecule has 0 aliphatic carbocycles. The molecule has 1 rings (SSSR count). The summed E-state index contributed by atoms with van der Waals surface area (Å²) >= 11 is 0. The third-order valence-corrected chi connectivity index (χ3v) is 2.94. The molecule has 0 spiro atoms. The topological polar surface area (TPSA) is 29.5 Å². The Morgan fingerprint density at radius 1 is 1.50 bits per heavy atom. The van der Waals surface area contributed by atoms with Gasteiger partial charge in [-0.3, -0.25) is 4.79 Å². The summed E-state index contributed by atoms with van der Waals surface area (Å²) in [6.45, 7) is 9.69. The zero-order valence-electron chi connectivity index (χ0n) is 11.6. The average Bonchev–Trinajstić information content (AvgIpc) is 2.37. The fourth-order valence-electron chi connectivity index (χ4n) is 1.58. The maximum atomic E-state index is 11.3. The van der Waals surface area contributed by atoms with E-state index >= 15 is 0 Å². The lowest BCUT2D eigenvalue weighted by molar-refractivity contribution is -0.193. The summed E-state index contributed by atoms with van der Waals surface area (Å²) < 4.78 is 0. The van der Waals surface area contributed by atoms with Gasteiger partial charge >= 0.3 is 5.97 Å². The van der Waals surface area contributed by atoms with Crippen molar-refractivity contribution < 1.29 is 9.63 Å². The number of rotatable bonds is 5. The van der Waals surface area contributed by atoms with E-state index in [2.05, 4.69) is 12.6 Å². The van der Waals surface area contributed by atoms with Crippen molar-refractivity contribution in [1.82, 2.24) is 5.06 Å². The van der Waals surface area contributed by atoms with Crippen LogP contribution >= 0.6 is 0 Å². The maximum Gasteiger partial charge on any atom is 0.324 e. The highest BCUT2D eigenvalue weighted by molar-refractivity contribution is 5.68. The fraction of sp³-hybridized carbons (Fsp3) is 0.400. The van der Waals surface area contributed by atoms with Crippen LogP contribution in [0.25, 0.3) is 5.57 Å². The molecule has 0 radical (unpaired) electrons. The number of hydrogen-bond acceptors (Lipinski definition) is 3. The van der Waals surface area contributed by atoms with Crippen LogP contribution in [0.4, 0.5) is 0 Å². The lowest BCUT2D eigenvalue weighted by Gasteiger charge is -2.23. The minimum absolute atomic E-state index is 0.0137.